The van der Waals surface area contributed by atoms with E-state index >= 15 is 0 Å². The number of hydrogen-bond donors (Lipinski definition) is 2. The summed E-state index contributed by atoms with van der Waals surface area (Å²) < 4.78 is 0. The van der Waals surface area contributed by atoms with E-state index < -0.39 is 5.54 Å². The van der Waals surface area contributed by atoms with Gasteiger partial charge in [0.2, 0.25) is 5.91 Å². The van der Waals surface area contributed by atoms with Gasteiger partial charge in [-0.2, -0.15) is 0 Å². The van der Waals surface area contributed by atoms with Crippen molar-refractivity contribution in [1.82, 2.24) is 4.90 Å². The van der Waals surface area contributed by atoms with Gasteiger partial charge in [0.1, 0.15) is 0 Å². The van der Waals surface area contributed by atoms with Crippen LogP contribution in [-0.4, -0.2) is 23.8 Å². The molecule has 18 heavy (non-hydrogen) atoms. The van der Waals surface area contributed by atoms with E-state index in [-0.39, 0.29) is 18.3 Å². The molecule has 0 unspecified atom stereocenters. The summed E-state index contributed by atoms with van der Waals surface area (Å²) in [5.41, 5.74) is 11.9. The summed E-state index contributed by atoms with van der Waals surface area (Å²) in [4.78, 5) is 17.6. The van der Waals surface area contributed by atoms with Crippen LogP contribution in [0.2, 0.25) is 5.02 Å². The molecule has 96 valence electrons. The number of aliphatic imine (C=N–C) groups is 1. The maximum atomic E-state index is 11.9. The smallest absolute Gasteiger partial charge is 0.231 e. The average molecular weight is 267 g/mol. The van der Waals surface area contributed by atoms with Crippen molar-refractivity contribution in [3.63, 3.8) is 0 Å². The molecule has 1 atom stereocenters. The number of benzene rings is 1. The van der Waals surface area contributed by atoms with Crippen molar-refractivity contribution in [2.45, 2.75) is 18.9 Å². The van der Waals surface area contributed by atoms with Gasteiger partial charge in [-0.1, -0.05) is 23.7 Å². The van der Waals surface area contributed by atoms with E-state index in [4.69, 9.17) is 23.1 Å². The monoisotopic (exact) mass is 266 g/mol. The number of halogens is 1. The predicted octanol–water partition coefficient (Wildman–Crippen LogP) is 1.31. The molecule has 0 saturated carbocycles. The lowest BCUT2D eigenvalue weighted by Gasteiger charge is -2.34. The van der Waals surface area contributed by atoms with Crippen molar-refractivity contribution in [3.05, 3.63) is 28.8 Å². The Labute approximate surface area is 110 Å². The van der Waals surface area contributed by atoms with Crippen LogP contribution in [-0.2, 0) is 10.3 Å². The van der Waals surface area contributed by atoms with Gasteiger partial charge in [-0.3, -0.25) is 9.69 Å². The number of hydrogen-bond acceptors (Lipinski definition) is 4. The van der Waals surface area contributed by atoms with Crippen LogP contribution in [0.15, 0.2) is 23.2 Å². The number of carbonyl (C=O) groups excluding carboxylic acids is 1. The van der Waals surface area contributed by atoms with Gasteiger partial charge in [0, 0.05) is 12.6 Å². The van der Waals surface area contributed by atoms with Gasteiger partial charge in [-0.25, -0.2) is 4.99 Å². The Bertz CT molecular complexity index is 543. The summed E-state index contributed by atoms with van der Waals surface area (Å²) >= 11 is 6.19. The highest BCUT2D eigenvalue weighted by Crippen LogP contribution is 2.38. The second-order valence-corrected chi connectivity index (χ2v) is 4.96. The van der Waals surface area contributed by atoms with Crippen LogP contribution in [0.4, 0.5) is 5.69 Å². The molecule has 1 aromatic rings. The van der Waals surface area contributed by atoms with E-state index in [9.17, 15) is 4.79 Å². The normalized spacial score (nSPS) is 24.1. The average Bonchev–Trinajstić information content (AvgIpc) is 2.29. The zero-order valence-corrected chi connectivity index (χ0v) is 11.0. The molecule has 4 N–H and O–H groups in total. The Morgan fingerprint density at radius 3 is 2.72 bits per heavy atom. The fourth-order valence-electron chi connectivity index (χ4n) is 2.03. The van der Waals surface area contributed by atoms with E-state index in [1.54, 1.807) is 19.2 Å². The number of nitrogen functional groups attached to an aromatic ring is 1. The highest BCUT2D eigenvalue weighted by atomic mass is 35.5. The van der Waals surface area contributed by atoms with E-state index in [2.05, 4.69) is 4.99 Å². The SMILES string of the molecule is CN1C(=O)C[C@@](C)(c2cccc(N)c2Cl)N=C1N. The summed E-state index contributed by atoms with van der Waals surface area (Å²) in [6, 6.07) is 5.31. The first-order chi connectivity index (χ1) is 8.35. The fraction of sp³-hybridized carbons (Fsp3) is 0.333. The summed E-state index contributed by atoms with van der Waals surface area (Å²) in [5.74, 6) is 0.0933. The minimum absolute atomic E-state index is 0.0940. The molecule has 2 rings (SSSR count). The number of anilines is 1. The van der Waals surface area contributed by atoms with E-state index in [0.29, 0.717) is 16.3 Å². The van der Waals surface area contributed by atoms with E-state index in [1.165, 1.54) is 4.90 Å². The maximum absolute atomic E-state index is 11.9. The molecule has 0 spiro atoms. The lowest BCUT2D eigenvalue weighted by molar-refractivity contribution is -0.128. The quantitative estimate of drug-likeness (QED) is 0.752. The summed E-state index contributed by atoms with van der Waals surface area (Å²) in [6.07, 6.45) is 0.216. The molecule has 1 aromatic carbocycles. The summed E-state index contributed by atoms with van der Waals surface area (Å²) in [7, 11) is 1.60. The van der Waals surface area contributed by atoms with Gasteiger partial charge >= 0.3 is 0 Å². The minimum Gasteiger partial charge on any atom is -0.398 e. The Kier molecular flexibility index (Phi) is 2.94. The Morgan fingerprint density at radius 2 is 2.11 bits per heavy atom. The van der Waals surface area contributed by atoms with Crippen molar-refractivity contribution in [2.24, 2.45) is 10.7 Å². The molecule has 0 radical (unpaired) electrons. The van der Waals surface area contributed by atoms with Crippen molar-refractivity contribution in [3.8, 4) is 0 Å². The molecule has 1 aliphatic heterocycles. The first-order valence-electron chi connectivity index (χ1n) is 5.51. The minimum atomic E-state index is -0.764. The number of amides is 1. The Hall–Kier alpha value is -1.75. The number of nitrogens with zero attached hydrogens (tertiary/aromatic N) is 2. The Balaban J connectivity index is 2.56. The molecule has 0 aromatic heterocycles. The lowest BCUT2D eigenvalue weighted by atomic mass is 9.87. The fourth-order valence-corrected chi connectivity index (χ4v) is 2.36. The molecule has 1 amide bonds. The third-order valence-electron chi connectivity index (χ3n) is 3.18. The van der Waals surface area contributed by atoms with Crippen LogP contribution in [0, 0.1) is 0 Å². The van der Waals surface area contributed by atoms with Gasteiger partial charge < -0.3 is 11.5 Å². The molecule has 0 fully saturated rings. The van der Waals surface area contributed by atoms with Gasteiger partial charge in [0.05, 0.1) is 22.7 Å². The number of nitrogens with two attached hydrogens (primary N) is 2. The molecule has 5 nitrogen and oxygen atoms in total. The van der Waals surface area contributed by atoms with Crippen LogP contribution in [0.3, 0.4) is 0 Å². The largest absolute Gasteiger partial charge is 0.398 e. The van der Waals surface area contributed by atoms with Crippen molar-refractivity contribution in [2.75, 3.05) is 12.8 Å². The van der Waals surface area contributed by atoms with Crippen LogP contribution in [0.25, 0.3) is 0 Å². The van der Waals surface area contributed by atoms with Crippen molar-refractivity contribution in [1.29, 1.82) is 0 Å². The van der Waals surface area contributed by atoms with Crippen LogP contribution < -0.4 is 11.5 Å². The van der Waals surface area contributed by atoms with Gasteiger partial charge in [0.15, 0.2) is 5.96 Å². The van der Waals surface area contributed by atoms with Crippen molar-refractivity contribution < 1.29 is 4.79 Å². The highest BCUT2D eigenvalue weighted by Gasteiger charge is 2.37. The molecule has 0 saturated heterocycles. The zero-order chi connectivity index (χ0) is 13.5. The third-order valence-corrected chi connectivity index (χ3v) is 3.61. The van der Waals surface area contributed by atoms with Crippen LogP contribution in [0.1, 0.15) is 18.9 Å². The second kappa shape index (κ2) is 4.17. The van der Waals surface area contributed by atoms with Gasteiger partial charge in [-0.15, -0.1) is 0 Å². The van der Waals surface area contributed by atoms with E-state index in [1.807, 2.05) is 13.0 Å². The predicted molar refractivity (Wildman–Crippen MR) is 72.2 cm³/mol. The van der Waals surface area contributed by atoms with Gasteiger partial charge in [0.25, 0.3) is 0 Å². The number of rotatable bonds is 1. The zero-order valence-electron chi connectivity index (χ0n) is 10.3. The van der Waals surface area contributed by atoms with Crippen LogP contribution in [0.5, 0.6) is 0 Å². The molecule has 6 heteroatoms. The lowest BCUT2D eigenvalue weighted by Crippen LogP contribution is -2.47. The molecule has 0 aliphatic carbocycles. The molecule has 1 heterocycles. The topological polar surface area (TPSA) is 84.7 Å². The van der Waals surface area contributed by atoms with E-state index in [0.717, 1.165) is 0 Å². The van der Waals surface area contributed by atoms with Crippen molar-refractivity contribution >= 4 is 29.2 Å². The van der Waals surface area contributed by atoms with Crippen LogP contribution >= 0.6 is 11.6 Å². The molecule has 1 aliphatic rings. The second-order valence-electron chi connectivity index (χ2n) is 4.58. The maximum Gasteiger partial charge on any atom is 0.231 e. The number of guanidine groups is 1. The summed E-state index contributed by atoms with van der Waals surface area (Å²) in [6.45, 7) is 1.82. The van der Waals surface area contributed by atoms with Gasteiger partial charge in [-0.05, 0) is 13.0 Å². The molecule has 0 bridgehead atoms. The third kappa shape index (κ3) is 1.90. The number of carbonyl (C=O) groups is 1. The summed E-state index contributed by atoms with van der Waals surface area (Å²) in [5, 5.41) is 0.425. The first-order valence-corrected chi connectivity index (χ1v) is 5.89. The Morgan fingerprint density at radius 1 is 1.44 bits per heavy atom. The standard InChI is InChI=1S/C12H15ClN4O/c1-12(6-9(18)17(2)11(15)16-12)7-4-3-5-8(14)10(7)13/h3-5H,6,14H2,1-2H3,(H2,15,16)/t12-/m0/s1. The highest BCUT2D eigenvalue weighted by molar-refractivity contribution is 6.34. The molecular weight excluding hydrogens is 252 g/mol. The molecular formula is C12H15ClN4O. The first kappa shape index (κ1) is 12.7.